The Morgan fingerprint density at radius 3 is 1.96 bits per heavy atom. The van der Waals surface area contributed by atoms with Crippen molar-refractivity contribution >= 4 is 35.1 Å². The molecule has 3 aromatic rings. The standard InChI is InChI=1S/C21H17N3O2S/c1-14-8-2-3-9-15(14)20(25)22-23-21(26)24-16-10-4-6-12-18(16)27-19-13-7-5-11-17(19)24/h2-13H,1H3,(H,22,25)(H,23,26). The number of urea groups is 1. The lowest BCUT2D eigenvalue weighted by atomic mass is 10.1. The van der Waals surface area contributed by atoms with Crippen LogP contribution in [0.15, 0.2) is 82.6 Å². The van der Waals surface area contributed by atoms with Crippen molar-refractivity contribution in [3.8, 4) is 0 Å². The van der Waals surface area contributed by atoms with Gasteiger partial charge in [0, 0.05) is 15.4 Å². The third-order valence-electron chi connectivity index (χ3n) is 4.31. The molecule has 0 aliphatic carbocycles. The number of nitrogens with one attached hydrogen (secondary N) is 2. The van der Waals surface area contributed by atoms with Crippen LogP contribution in [0.4, 0.5) is 16.2 Å². The van der Waals surface area contributed by atoms with Gasteiger partial charge < -0.3 is 0 Å². The van der Waals surface area contributed by atoms with Crippen LogP contribution in [0.5, 0.6) is 0 Å². The number of nitrogens with zero attached hydrogens (tertiary/aromatic N) is 1. The number of anilines is 2. The summed E-state index contributed by atoms with van der Waals surface area (Å²) in [6.45, 7) is 1.85. The van der Waals surface area contributed by atoms with E-state index in [0.29, 0.717) is 5.56 Å². The molecule has 3 amide bonds. The van der Waals surface area contributed by atoms with Gasteiger partial charge in [0.25, 0.3) is 5.91 Å². The van der Waals surface area contributed by atoms with Gasteiger partial charge in [-0.3, -0.25) is 15.1 Å². The van der Waals surface area contributed by atoms with Crippen molar-refractivity contribution in [2.24, 2.45) is 0 Å². The lowest BCUT2D eigenvalue weighted by Gasteiger charge is -2.30. The summed E-state index contributed by atoms with van der Waals surface area (Å²) in [5.41, 5.74) is 7.98. The molecule has 0 radical (unpaired) electrons. The maximum Gasteiger partial charge on any atom is 0.345 e. The molecule has 0 bridgehead atoms. The first kappa shape index (κ1) is 17.2. The molecular formula is C21H17N3O2S. The number of fused-ring (bicyclic) bond motifs is 2. The minimum Gasteiger partial charge on any atom is -0.267 e. The molecule has 0 unspecified atom stereocenters. The number of aryl methyl sites for hydroxylation is 1. The van der Waals surface area contributed by atoms with Crippen LogP contribution in [0, 0.1) is 6.92 Å². The fourth-order valence-corrected chi connectivity index (χ4v) is 4.04. The van der Waals surface area contributed by atoms with Crippen molar-refractivity contribution < 1.29 is 9.59 Å². The Hall–Kier alpha value is -3.25. The maximum atomic E-state index is 12.9. The average Bonchev–Trinajstić information content (AvgIpc) is 2.70. The molecule has 1 aliphatic heterocycles. The molecule has 0 saturated heterocycles. The van der Waals surface area contributed by atoms with Gasteiger partial charge in [-0.25, -0.2) is 10.2 Å². The van der Waals surface area contributed by atoms with Gasteiger partial charge in [-0.05, 0) is 42.8 Å². The van der Waals surface area contributed by atoms with E-state index in [4.69, 9.17) is 0 Å². The van der Waals surface area contributed by atoms with E-state index < -0.39 is 6.03 Å². The average molecular weight is 375 g/mol. The van der Waals surface area contributed by atoms with Crippen LogP contribution in [-0.2, 0) is 0 Å². The summed E-state index contributed by atoms with van der Waals surface area (Å²) in [5, 5.41) is 0. The third-order valence-corrected chi connectivity index (χ3v) is 5.44. The number of carbonyl (C=O) groups is 2. The highest BCUT2D eigenvalue weighted by Gasteiger charge is 2.28. The highest BCUT2D eigenvalue weighted by molar-refractivity contribution is 7.99. The number of hydrogen-bond acceptors (Lipinski definition) is 3. The number of amides is 3. The van der Waals surface area contributed by atoms with Gasteiger partial charge in [-0.2, -0.15) is 0 Å². The van der Waals surface area contributed by atoms with Crippen molar-refractivity contribution in [1.82, 2.24) is 10.9 Å². The van der Waals surface area contributed by atoms with E-state index >= 15 is 0 Å². The first-order chi connectivity index (χ1) is 13.1. The lowest BCUT2D eigenvalue weighted by Crippen LogP contribution is -2.48. The monoisotopic (exact) mass is 375 g/mol. The molecular weight excluding hydrogens is 358 g/mol. The number of carbonyl (C=O) groups excluding carboxylic acids is 2. The number of rotatable bonds is 1. The van der Waals surface area contributed by atoms with Crippen molar-refractivity contribution in [3.05, 3.63) is 83.9 Å². The highest BCUT2D eigenvalue weighted by atomic mass is 32.2. The third kappa shape index (κ3) is 3.27. The smallest absolute Gasteiger partial charge is 0.267 e. The van der Waals surface area contributed by atoms with Crippen LogP contribution in [-0.4, -0.2) is 11.9 Å². The number of para-hydroxylation sites is 2. The maximum absolute atomic E-state index is 12.9. The Bertz CT molecular complexity index is 990. The van der Waals surface area contributed by atoms with Gasteiger partial charge in [0.15, 0.2) is 0 Å². The number of benzene rings is 3. The van der Waals surface area contributed by atoms with Crippen molar-refractivity contribution in [2.75, 3.05) is 4.90 Å². The number of hydrazine groups is 1. The predicted molar refractivity (Wildman–Crippen MR) is 106 cm³/mol. The molecule has 4 rings (SSSR count). The van der Waals surface area contributed by atoms with Crippen LogP contribution < -0.4 is 15.8 Å². The second-order valence-corrected chi connectivity index (χ2v) is 7.16. The minimum atomic E-state index is -0.419. The predicted octanol–water partition coefficient (Wildman–Crippen LogP) is 4.65. The van der Waals surface area contributed by atoms with Gasteiger partial charge >= 0.3 is 6.03 Å². The van der Waals surface area contributed by atoms with Gasteiger partial charge in [0.1, 0.15) is 0 Å². The van der Waals surface area contributed by atoms with Crippen molar-refractivity contribution in [2.45, 2.75) is 16.7 Å². The van der Waals surface area contributed by atoms with Crippen LogP contribution >= 0.6 is 11.8 Å². The molecule has 6 heteroatoms. The van der Waals surface area contributed by atoms with Gasteiger partial charge in [-0.15, -0.1) is 0 Å². The molecule has 0 atom stereocenters. The number of hydrogen-bond donors (Lipinski definition) is 2. The Morgan fingerprint density at radius 1 is 0.778 bits per heavy atom. The van der Waals surface area contributed by atoms with Crippen LogP contribution in [0.25, 0.3) is 0 Å². The molecule has 27 heavy (non-hydrogen) atoms. The zero-order valence-electron chi connectivity index (χ0n) is 14.6. The van der Waals surface area contributed by atoms with E-state index in [9.17, 15) is 9.59 Å². The van der Waals surface area contributed by atoms with Crippen molar-refractivity contribution in [3.63, 3.8) is 0 Å². The van der Waals surface area contributed by atoms with Crippen LogP contribution in [0.2, 0.25) is 0 Å². The van der Waals surface area contributed by atoms with E-state index in [1.54, 1.807) is 28.8 Å². The first-order valence-corrected chi connectivity index (χ1v) is 9.29. The summed E-state index contributed by atoms with van der Waals surface area (Å²) in [4.78, 5) is 28.9. The normalized spacial score (nSPS) is 12.0. The van der Waals surface area contributed by atoms with Crippen molar-refractivity contribution in [1.29, 1.82) is 0 Å². The van der Waals surface area contributed by atoms with Gasteiger partial charge in [0.2, 0.25) is 0 Å². The summed E-state index contributed by atoms with van der Waals surface area (Å²) < 4.78 is 0. The molecule has 1 aliphatic rings. The van der Waals surface area contributed by atoms with E-state index in [-0.39, 0.29) is 5.91 Å². The Kier molecular flexibility index (Phi) is 4.56. The highest BCUT2D eigenvalue weighted by Crippen LogP contribution is 2.47. The molecule has 2 N–H and O–H groups in total. The summed E-state index contributed by atoms with van der Waals surface area (Å²) >= 11 is 1.62. The van der Waals surface area contributed by atoms with E-state index in [0.717, 1.165) is 26.7 Å². The molecule has 0 aromatic heterocycles. The molecule has 0 fully saturated rings. The summed E-state index contributed by atoms with van der Waals surface area (Å²) in [7, 11) is 0. The Balaban J connectivity index is 1.59. The van der Waals surface area contributed by atoms with E-state index in [1.807, 2.05) is 67.6 Å². The first-order valence-electron chi connectivity index (χ1n) is 8.47. The molecule has 1 heterocycles. The van der Waals surface area contributed by atoms with Crippen LogP contribution in [0.3, 0.4) is 0 Å². The zero-order valence-corrected chi connectivity index (χ0v) is 15.4. The summed E-state index contributed by atoms with van der Waals surface area (Å²) in [6.07, 6.45) is 0. The zero-order chi connectivity index (χ0) is 18.8. The van der Waals surface area contributed by atoms with Gasteiger partial charge in [0.05, 0.1) is 11.4 Å². The van der Waals surface area contributed by atoms with Gasteiger partial charge in [-0.1, -0.05) is 54.2 Å². The Labute approximate surface area is 161 Å². The second-order valence-electron chi connectivity index (χ2n) is 6.07. The quantitative estimate of drug-likeness (QED) is 0.609. The minimum absolute atomic E-state index is 0.352. The molecule has 134 valence electrons. The fraction of sp³-hybridized carbons (Fsp3) is 0.0476. The summed E-state index contributed by atoms with van der Waals surface area (Å²) in [5.74, 6) is -0.352. The Morgan fingerprint density at radius 2 is 1.33 bits per heavy atom. The molecule has 5 nitrogen and oxygen atoms in total. The fourth-order valence-electron chi connectivity index (χ4n) is 2.98. The molecule has 0 spiro atoms. The summed E-state index contributed by atoms with van der Waals surface area (Å²) in [6, 6.07) is 22.2. The SMILES string of the molecule is Cc1ccccc1C(=O)NNC(=O)N1c2ccccc2Sc2ccccc21. The largest absolute Gasteiger partial charge is 0.345 e. The molecule has 0 saturated carbocycles. The van der Waals surface area contributed by atoms with Crippen LogP contribution in [0.1, 0.15) is 15.9 Å². The molecule has 3 aromatic carbocycles. The topological polar surface area (TPSA) is 61.4 Å². The van der Waals surface area contributed by atoms with E-state index in [1.165, 1.54) is 0 Å². The second kappa shape index (κ2) is 7.17. The lowest BCUT2D eigenvalue weighted by molar-refractivity contribution is 0.0937. The van der Waals surface area contributed by atoms with E-state index in [2.05, 4.69) is 10.9 Å².